The predicted molar refractivity (Wildman–Crippen MR) is 170 cm³/mol. The summed E-state index contributed by atoms with van der Waals surface area (Å²) in [4.78, 5) is 13.1. The number of benzene rings is 5. The fourth-order valence-electron chi connectivity index (χ4n) is 6.33. The van der Waals surface area contributed by atoms with Crippen LogP contribution in [0, 0.1) is 0 Å². The minimum absolute atomic E-state index is 0.810. The Morgan fingerprint density at radius 3 is 2.15 bits per heavy atom. The topological polar surface area (TPSA) is 41.0 Å². The minimum Gasteiger partial charge on any atom is -0.337 e. The van der Waals surface area contributed by atoms with Crippen LogP contribution >= 0.6 is 0 Å². The SMILES string of the molecule is C=Cc1c(/N=C\C)[nH]c2c1ccc1ccc(-c3ccc(-c4ccc5c6c(cccc46)-c4ccccc4-5)cc3)nc12. The molecule has 2 heterocycles. The van der Waals surface area contributed by atoms with Crippen molar-refractivity contribution in [1.82, 2.24) is 9.97 Å². The first-order valence-electron chi connectivity index (χ1n) is 13.6. The van der Waals surface area contributed by atoms with Crippen LogP contribution in [0.15, 0.2) is 115 Å². The molecule has 0 aliphatic heterocycles. The van der Waals surface area contributed by atoms with E-state index in [0.29, 0.717) is 0 Å². The Morgan fingerprint density at radius 1 is 0.675 bits per heavy atom. The fraction of sp³-hybridized carbons (Fsp3) is 0.0270. The van der Waals surface area contributed by atoms with Gasteiger partial charge in [-0.2, -0.15) is 0 Å². The lowest BCUT2D eigenvalue weighted by Crippen LogP contribution is -1.88. The second-order valence-corrected chi connectivity index (χ2v) is 10.2. The van der Waals surface area contributed by atoms with Gasteiger partial charge in [0.05, 0.1) is 16.7 Å². The molecule has 0 bridgehead atoms. The summed E-state index contributed by atoms with van der Waals surface area (Å²) >= 11 is 0. The Kier molecular flexibility index (Phi) is 4.89. The number of H-pyrrole nitrogens is 1. The van der Waals surface area contributed by atoms with Crippen molar-refractivity contribution in [3.63, 3.8) is 0 Å². The summed E-state index contributed by atoms with van der Waals surface area (Å²) in [6, 6.07) is 37.2. The second kappa shape index (κ2) is 8.62. The lowest BCUT2D eigenvalue weighted by atomic mass is 9.93. The lowest BCUT2D eigenvalue weighted by Gasteiger charge is -2.11. The van der Waals surface area contributed by atoms with Gasteiger partial charge in [-0.1, -0.05) is 110 Å². The van der Waals surface area contributed by atoms with Crippen LogP contribution in [0.1, 0.15) is 12.5 Å². The van der Waals surface area contributed by atoms with Crippen molar-refractivity contribution in [2.75, 3.05) is 0 Å². The Hall–Kier alpha value is -5.28. The highest BCUT2D eigenvalue weighted by Crippen LogP contribution is 2.49. The summed E-state index contributed by atoms with van der Waals surface area (Å²) in [5, 5.41) is 4.81. The Bertz CT molecular complexity index is 2150. The summed E-state index contributed by atoms with van der Waals surface area (Å²) in [6.07, 6.45) is 3.65. The molecule has 3 heteroatoms. The van der Waals surface area contributed by atoms with Gasteiger partial charge in [0.2, 0.25) is 0 Å². The van der Waals surface area contributed by atoms with E-state index in [1.54, 1.807) is 6.21 Å². The number of hydrogen-bond donors (Lipinski definition) is 1. The average Bonchev–Trinajstić information content (AvgIpc) is 3.54. The standard InChI is InChI=1S/C37H25N3/c1-3-25-32-18-16-24-17-21-33(39-35(24)36(32)40-37(25)38-4-2)23-14-12-22(13-15-23)26-19-20-31-28-9-6-5-8-27(28)30-11-7-10-29(26)34(30)31/h3-21,40H,1H2,2H3/b38-4-. The second-order valence-electron chi connectivity index (χ2n) is 10.2. The van der Waals surface area contributed by atoms with Crippen LogP contribution in [0.3, 0.4) is 0 Å². The molecule has 1 N–H and O–H groups in total. The molecule has 2 aromatic heterocycles. The smallest absolute Gasteiger partial charge is 0.137 e. The van der Waals surface area contributed by atoms with Crippen LogP contribution in [-0.4, -0.2) is 16.2 Å². The van der Waals surface area contributed by atoms with Gasteiger partial charge >= 0.3 is 0 Å². The van der Waals surface area contributed by atoms with Gasteiger partial charge in [-0.25, -0.2) is 9.98 Å². The van der Waals surface area contributed by atoms with Gasteiger partial charge in [0.25, 0.3) is 0 Å². The van der Waals surface area contributed by atoms with Crippen LogP contribution in [0.5, 0.6) is 0 Å². The molecule has 5 aromatic carbocycles. The maximum Gasteiger partial charge on any atom is 0.137 e. The molecule has 7 aromatic rings. The molecule has 40 heavy (non-hydrogen) atoms. The van der Waals surface area contributed by atoms with E-state index in [2.05, 4.69) is 120 Å². The highest BCUT2D eigenvalue weighted by Gasteiger charge is 2.22. The fourth-order valence-corrected chi connectivity index (χ4v) is 6.33. The first-order chi connectivity index (χ1) is 19.7. The van der Waals surface area contributed by atoms with E-state index in [1.165, 1.54) is 44.2 Å². The summed E-state index contributed by atoms with van der Waals surface area (Å²) in [5.41, 5.74) is 12.7. The van der Waals surface area contributed by atoms with Gasteiger partial charge < -0.3 is 4.98 Å². The molecule has 0 amide bonds. The van der Waals surface area contributed by atoms with Crippen LogP contribution in [-0.2, 0) is 0 Å². The maximum absolute atomic E-state index is 5.11. The number of aliphatic imine (C=N–C) groups is 1. The number of pyridine rings is 1. The molecule has 0 saturated carbocycles. The molecule has 1 aliphatic carbocycles. The number of hydrogen-bond acceptors (Lipinski definition) is 2. The minimum atomic E-state index is 0.810. The summed E-state index contributed by atoms with van der Waals surface area (Å²) in [5.74, 6) is 0.810. The Labute approximate surface area is 232 Å². The van der Waals surface area contributed by atoms with Crippen molar-refractivity contribution in [3.8, 4) is 44.6 Å². The van der Waals surface area contributed by atoms with Crippen molar-refractivity contribution in [3.05, 3.63) is 115 Å². The monoisotopic (exact) mass is 511 g/mol. The van der Waals surface area contributed by atoms with Crippen LogP contribution in [0.4, 0.5) is 5.82 Å². The number of aromatic nitrogens is 2. The van der Waals surface area contributed by atoms with E-state index in [-0.39, 0.29) is 0 Å². The van der Waals surface area contributed by atoms with Crippen LogP contribution in [0.2, 0.25) is 0 Å². The third-order valence-corrected chi connectivity index (χ3v) is 8.15. The molecular weight excluding hydrogens is 486 g/mol. The zero-order valence-electron chi connectivity index (χ0n) is 22.1. The quantitative estimate of drug-likeness (QED) is 0.235. The predicted octanol–water partition coefficient (Wildman–Crippen LogP) is 10.2. The third-order valence-electron chi connectivity index (χ3n) is 8.15. The van der Waals surface area contributed by atoms with E-state index in [9.17, 15) is 0 Å². The maximum atomic E-state index is 5.11. The van der Waals surface area contributed by atoms with E-state index < -0.39 is 0 Å². The van der Waals surface area contributed by atoms with Crippen molar-refractivity contribution in [2.24, 2.45) is 4.99 Å². The molecule has 0 saturated heterocycles. The first-order valence-corrected chi connectivity index (χ1v) is 13.6. The zero-order valence-corrected chi connectivity index (χ0v) is 22.1. The van der Waals surface area contributed by atoms with Crippen LogP contribution in [0.25, 0.3) is 83.3 Å². The van der Waals surface area contributed by atoms with E-state index >= 15 is 0 Å². The van der Waals surface area contributed by atoms with E-state index in [4.69, 9.17) is 4.98 Å². The molecule has 0 radical (unpaired) electrons. The third kappa shape index (κ3) is 3.18. The molecule has 0 atom stereocenters. The van der Waals surface area contributed by atoms with E-state index in [1.807, 2.05) is 13.0 Å². The van der Waals surface area contributed by atoms with Crippen molar-refractivity contribution in [2.45, 2.75) is 6.92 Å². The van der Waals surface area contributed by atoms with Gasteiger partial charge in [-0.05, 0) is 57.1 Å². The first kappa shape index (κ1) is 22.7. The van der Waals surface area contributed by atoms with Gasteiger partial charge in [0.15, 0.2) is 0 Å². The van der Waals surface area contributed by atoms with E-state index in [0.717, 1.165) is 44.4 Å². The normalized spacial score (nSPS) is 12.1. The average molecular weight is 512 g/mol. The van der Waals surface area contributed by atoms with Gasteiger partial charge in [-0.15, -0.1) is 0 Å². The van der Waals surface area contributed by atoms with Crippen molar-refractivity contribution in [1.29, 1.82) is 0 Å². The number of aromatic amines is 1. The highest BCUT2D eigenvalue weighted by atomic mass is 14.9. The number of nitrogens with zero attached hydrogens (tertiary/aromatic N) is 2. The molecule has 188 valence electrons. The molecule has 8 rings (SSSR count). The Morgan fingerprint density at radius 2 is 1.38 bits per heavy atom. The number of fused-ring (bicyclic) bond motifs is 6. The summed E-state index contributed by atoms with van der Waals surface area (Å²) in [6.45, 7) is 5.92. The summed E-state index contributed by atoms with van der Waals surface area (Å²) in [7, 11) is 0. The molecule has 0 fully saturated rings. The van der Waals surface area contributed by atoms with Gasteiger partial charge in [0, 0.05) is 28.1 Å². The summed E-state index contributed by atoms with van der Waals surface area (Å²) < 4.78 is 0. The lowest BCUT2D eigenvalue weighted by molar-refractivity contribution is 1.36. The molecule has 0 unspecified atom stereocenters. The zero-order chi connectivity index (χ0) is 26.8. The molecule has 3 nitrogen and oxygen atoms in total. The van der Waals surface area contributed by atoms with Gasteiger partial charge in [0.1, 0.15) is 5.82 Å². The molecule has 1 aliphatic rings. The molecular formula is C37H25N3. The van der Waals surface area contributed by atoms with Crippen LogP contribution < -0.4 is 0 Å². The van der Waals surface area contributed by atoms with Gasteiger partial charge in [-0.3, -0.25) is 0 Å². The number of rotatable bonds is 4. The largest absolute Gasteiger partial charge is 0.337 e. The number of nitrogens with one attached hydrogen (secondary N) is 1. The van der Waals surface area contributed by atoms with Crippen molar-refractivity contribution >= 4 is 50.7 Å². The highest BCUT2D eigenvalue weighted by molar-refractivity contribution is 6.18. The van der Waals surface area contributed by atoms with Crippen molar-refractivity contribution < 1.29 is 0 Å². The molecule has 0 spiro atoms. The Balaban J connectivity index is 1.23.